The van der Waals surface area contributed by atoms with Crippen molar-refractivity contribution in [1.29, 1.82) is 0 Å². The molecule has 1 heterocycles. The molecular formula is C21H17Br2NO6. The Morgan fingerprint density at radius 1 is 1.20 bits per heavy atom. The van der Waals surface area contributed by atoms with Gasteiger partial charge in [0, 0.05) is 4.47 Å². The van der Waals surface area contributed by atoms with Gasteiger partial charge in [0.05, 0.1) is 23.8 Å². The summed E-state index contributed by atoms with van der Waals surface area (Å²) in [5, 5.41) is 0. The number of methoxy groups -OCH3 is 1. The summed E-state index contributed by atoms with van der Waals surface area (Å²) in [6, 6.07) is 10.7. The van der Waals surface area contributed by atoms with Crippen LogP contribution in [0.2, 0.25) is 0 Å². The van der Waals surface area contributed by atoms with Crippen molar-refractivity contribution in [2.75, 3.05) is 20.3 Å². The largest absolute Gasteiger partial charge is 0.493 e. The SMILES string of the molecule is CCOC(=O)COc1c(Br)cc(/C=C2\N=C(c3ccccc3Br)OC2=O)cc1OC. The molecule has 30 heavy (non-hydrogen) atoms. The summed E-state index contributed by atoms with van der Waals surface area (Å²) in [4.78, 5) is 28.1. The predicted octanol–water partition coefficient (Wildman–Crippen LogP) is 4.51. The van der Waals surface area contributed by atoms with Gasteiger partial charge >= 0.3 is 11.9 Å². The Morgan fingerprint density at radius 3 is 2.67 bits per heavy atom. The molecule has 0 saturated carbocycles. The number of aliphatic imine (C=N–C) groups is 1. The number of halogens is 2. The van der Waals surface area contributed by atoms with Gasteiger partial charge in [-0.2, -0.15) is 0 Å². The smallest absolute Gasteiger partial charge is 0.363 e. The van der Waals surface area contributed by atoms with Crippen molar-refractivity contribution in [1.82, 2.24) is 0 Å². The first-order valence-corrected chi connectivity index (χ1v) is 10.4. The minimum atomic E-state index is -0.557. The summed E-state index contributed by atoms with van der Waals surface area (Å²) < 4.78 is 22.4. The van der Waals surface area contributed by atoms with Crippen LogP contribution < -0.4 is 9.47 Å². The van der Waals surface area contributed by atoms with Crippen molar-refractivity contribution in [2.24, 2.45) is 4.99 Å². The summed E-state index contributed by atoms with van der Waals surface area (Å²) in [6.07, 6.45) is 1.58. The molecule has 1 aliphatic heterocycles. The van der Waals surface area contributed by atoms with Gasteiger partial charge in [-0.3, -0.25) is 0 Å². The molecule has 156 valence electrons. The maximum atomic E-state index is 12.3. The molecule has 1 aliphatic rings. The van der Waals surface area contributed by atoms with E-state index >= 15 is 0 Å². The molecule has 9 heteroatoms. The van der Waals surface area contributed by atoms with Crippen LogP contribution >= 0.6 is 31.9 Å². The van der Waals surface area contributed by atoms with E-state index < -0.39 is 11.9 Å². The minimum Gasteiger partial charge on any atom is -0.493 e. The van der Waals surface area contributed by atoms with Crippen molar-refractivity contribution >= 4 is 55.8 Å². The maximum Gasteiger partial charge on any atom is 0.363 e. The first-order chi connectivity index (χ1) is 14.4. The van der Waals surface area contributed by atoms with Gasteiger partial charge in [-0.15, -0.1) is 0 Å². The van der Waals surface area contributed by atoms with Crippen molar-refractivity contribution in [3.8, 4) is 11.5 Å². The second-order valence-corrected chi connectivity index (χ2v) is 7.65. The number of esters is 2. The van der Waals surface area contributed by atoms with Crippen LogP contribution in [0.15, 0.2) is 56.0 Å². The van der Waals surface area contributed by atoms with Crippen LogP contribution in [0.5, 0.6) is 11.5 Å². The maximum absolute atomic E-state index is 12.3. The van der Waals surface area contributed by atoms with Gasteiger partial charge < -0.3 is 18.9 Å². The average Bonchev–Trinajstić information content (AvgIpc) is 3.07. The monoisotopic (exact) mass is 537 g/mol. The van der Waals surface area contributed by atoms with Crippen LogP contribution in [0.4, 0.5) is 0 Å². The van der Waals surface area contributed by atoms with Crippen molar-refractivity contribution in [3.05, 3.63) is 62.2 Å². The fourth-order valence-electron chi connectivity index (χ4n) is 2.61. The number of ether oxygens (including phenoxy) is 4. The molecule has 0 atom stereocenters. The number of benzene rings is 2. The Balaban J connectivity index is 1.88. The number of cyclic esters (lactones) is 1. The fourth-order valence-corrected chi connectivity index (χ4v) is 3.64. The molecule has 0 radical (unpaired) electrons. The highest BCUT2D eigenvalue weighted by Gasteiger charge is 2.25. The van der Waals surface area contributed by atoms with E-state index in [0.29, 0.717) is 27.1 Å². The van der Waals surface area contributed by atoms with Gasteiger partial charge in [-0.05, 0) is 74.7 Å². The first kappa shape index (κ1) is 22.0. The van der Waals surface area contributed by atoms with E-state index in [2.05, 4.69) is 36.9 Å². The molecular weight excluding hydrogens is 522 g/mol. The summed E-state index contributed by atoms with van der Waals surface area (Å²) in [7, 11) is 1.48. The molecule has 0 amide bonds. The van der Waals surface area contributed by atoms with E-state index in [9.17, 15) is 9.59 Å². The van der Waals surface area contributed by atoms with Crippen molar-refractivity contribution in [3.63, 3.8) is 0 Å². The Bertz CT molecular complexity index is 1050. The minimum absolute atomic E-state index is 0.148. The molecule has 0 unspecified atom stereocenters. The van der Waals surface area contributed by atoms with E-state index in [0.717, 1.165) is 4.47 Å². The van der Waals surface area contributed by atoms with E-state index in [1.54, 1.807) is 31.2 Å². The lowest BCUT2D eigenvalue weighted by atomic mass is 10.1. The molecule has 0 aromatic heterocycles. The van der Waals surface area contributed by atoms with Crippen LogP contribution in [0.3, 0.4) is 0 Å². The van der Waals surface area contributed by atoms with Gasteiger partial charge in [0.25, 0.3) is 0 Å². The fraction of sp³-hybridized carbons (Fsp3) is 0.190. The molecule has 2 aromatic rings. The molecule has 0 aliphatic carbocycles. The summed E-state index contributed by atoms with van der Waals surface area (Å²) >= 11 is 6.83. The third-order valence-electron chi connectivity index (χ3n) is 3.92. The highest BCUT2D eigenvalue weighted by atomic mass is 79.9. The van der Waals surface area contributed by atoms with Crippen molar-refractivity contribution < 1.29 is 28.5 Å². The standard InChI is InChI=1S/C21H17Br2NO6/c1-3-28-18(25)11-29-19-15(23)8-12(10-17(19)27-2)9-16-21(26)30-20(24-16)13-6-4-5-7-14(13)22/h4-10H,3,11H2,1-2H3/b16-9-. The Kier molecular flexibility index (Phi) is 7.28. The zero-order valence-electron chi connectivity index (χ0n) is 16.1. The molecule has 2 aromatic carbocycles. The third-order valence-corrected chi connectivity index (χ3v) is 5.20. The molecule has 7 nitrogen and oxygen atoms in total. The molecule has 0 bridgehead atoms. The number of carbonyl (C=O) groups is 2. The number of rotatable bonds is 7. The zero-order valence-corrected chi connectivity index (χ0v) is 19.3. The number of carbonyl (C=O) groups excluding carboxylic acids is 2. The van der Waals surface area contributed by atoms with Gasteiger partial charge in [-0.25, -0.2) is 14.6 Å². The van der Waals surface area contributed by atoms with E-state index in [4.69, 9.17) is 18.9 Å². The van der Waals surface area contributed by atoms with Crippen LogP contribution in [-0.2, 0) is 19.1 Å². The number of hydrogen-bond acceptors (Lipinski definition) is 7. The highest BCUT2D eigenvalue weighted by molar-refractivity contribution is 9.10. The molecule has 0 fully saturated rings. The van der Waals surface area contributed by atoms with Crippen molar-refractivity contribution in [2.45, 2.75) is 6.92 Å². The summed E-state index contributed by atoms with van der Waals surface area (Å²) in [5.41, 5.74) is 1.46. The number of nitrogens with zero attached hydrogens (tertiary/aromatic N) is 1. The Morgan fingerprint density at radius 2 is 1.97 bits per heavy atom. The van der Waals surface area contributed by atoms with Crippen LogP contribution in [0, 0.1) is 0 Å². The van der Waals surface area contributed by atoms with Gasteiger partial charge in [0.15, 0.2) is 23.8 Å². The Hall–Kier alpha value is -2.65. The average molecular weight is 539 g/mol. The first-order valence-electron chi connectivity index (χ1n) is 8.86. The van der Waals surface area contributed by atoms with Gasteiger partial charge in [-0.1, -0.05) is 12.1 Å². The van der Waals surface area contributed by atoms with E-state index in [1.165, 1.54) is 7.11 Å². The van der Waals surface area contributed by atoms with E-state index in [-0.39, 0.29) is 24.8 Å². The lowest BCUT2D eigenvalue weighted by molar-refractivity contribution is -0.145. The molecule has 0 spiro atoms. The molecule has 0 saturated heterocycles. The molecule has 0 N–H and O–H groups in total. The Labute approximate surface area is 189 Å². The predicted molar refractivity (Wildman–Crippen MR) is 118 cm³/mol. The van der Waals surface area contributed by atoms with Crippen LogP contribution in [-0.4, -0.2) is 38.2 Å². The topological polar surface area (TPSA) is 83.4 Å². The van der Waals surface area contributed by atoms with Gasteiger partial charge in [0.1, 0.15) is 0 Å². The highest BCUT2D eigenvalue weighted by Crippen LogP contribution is 2.37. The quantitative estimate of drug-likeness (QED) is 0.381. The second-order valence-electron chi connectivity index (χ2n) is 5.94. The summed E-state index contributed by atoms with van der Waals surface area (Å²) in [6.45, 7) is 1.73. The lowest BCUT2D eigenvalue weighted by Gasteiger charge is -2.13. The van der Waals surface area contributed by atoms with E-state index in [1.807, 2.05) is 18.2 Å². The second kappa shape index (κ2) is 9.90. The zero-order chi connectivity index (χ0) is 21.7. The normalized spacial score (nSPS) is 14.3. The third kappa shape index (κ3) is 5.09. The lowest BCUT2D eigenvalue weighted by Crippen LogP contribution is -2.15. The number of hydrogen-bond donors (Lipinski definition) is 0. The summed E-state index contributed by atoms with van der Waals surface area (Å²) in [5.74, 6) is -0.0982. The van der Waals surface area contributed by atoms with Crippen LogP contribution in [0.1, 0.15) is 18.1 Å². The molecule has 3 rings (SSSR count). The van der Waals surface area contributed by atoms with Gasteiger partial charge in [0.2, 0.25) is 5.90 Å². The van der Waals surface area contributed by atoms with Crippen LogP contribution in [0.25, 0.3) is 6.08 Å².